The van der Waals surface area contributed by atoms with E-state index in [0.29, 0.717) is 5.69 Å². The van der Waals surface area contributed by atoms with Crippen LogP contribution >= 0.6 is 0 Å². The first-order valence-electron chi connectivity index (χ1n) is 10.1. The molecule has 1 fully saturated rings. The summed E-state index contributed by atoms with van der Waals surface area (Å²) >= 11 is 0. The van der Waals surface area contributed by atoms with Gasteiger partial charge in [0.1, 0.15) is 16.8 Å². The maximum Gasteiger partial charge on any atom is 0.342 e. The quantitative estimate of drug-likeness (QED) is 0.597. The third kappa shape index (κ3) is 4.48. The van der Waals surface area contributed by atoms with Crippen molar-refractivity contribution in [2.24, 2.45) is 5.92 Å². The Morgan fingerprint density at radius 3 is 2.42 bits per heavy atom. The molecule has 1 aromatic heterocycles. The van der Waals surface area contributed by atoms with Gasteiger partial charge in [0.2, 0.25) is 0 Å². The summed E-state index contributed by atoms with van der Waals surface area (Å²) in [6, 6.07) is 20.9. The summed E-state index contributed by atoms with van der Waals surface area (Å²) < 4.78 is 6.89. The highest BCUT2D eigenvalue weighted by atomic mass is 16.5. The van der Waals surface area contributed by atoms with Gasteiger partial charge < -0.3 is 10.1 Å². The molecule has 31 heavy (non-hydrogen) atoms. The van der Waals surface area contributed by atoms with E-state index in [4.69, 9.17) is 4.74 Å². The van der Waals surface area contributed by atoms with E-state index >= 15 is 0 Å². The minimum atomic E-state index is -0.934. The van der Waals surface area contributed by atoms with Crippen LogP contribution < -0.4 is 5.32 Å². The molecule has 1 saturated carbocycles. The normalized spacial score (nSPS) is 14.8. The van der Waals surface area contributed by atoms with E-state index in [1.54, 1.807) is 17.8 Å². The Morgan fingerprint density at radius 2 is 1.81 bits per heavy atom. The molecule has 0 bridgehead atoms. The fourth-order valence-corrected chi connectivity index (χ4v) is 3.46. The molecule has 1 N–H and O–H groups in total. The van der Waals surface area contributed by atoms with Crippen LogP contribution in [0.5, 0.6) is 0 Å². The molecule has 1 aliphatic carbocycles. The monoisotopic (exact) mass is 414 g/mol. The molecule has 0 radical (unpaired) electrons. The molecule has 0 spiro atoms. The van der Waals surface area contributed by atoms with Crippen molar-refractivity contribution in [1.82, 2.24) is 15.1 Å². The molecule has 1 heterocycles. The van der Waals surface area contributed by atoms with Crippen molar-refractivity contribution < 1.29 is 14.3 Å². The average Bonchev–Trinajstić information content (AvgIpc) is 3.58. The second kappa shape index (κ2) is 8.44. The molecular weight excluding hydrogens is 392 g/mol. The number of carbonyl (C=O) groups is 2. The summed E-state index contributed by atoms with van der Waals surface area (Å²) in [5.74, 6) is -1.01. The number of nitriles is 1. The number of benzene rings is 2. The van der Waals surface area contributed by atoms with E-state index in [1.807, 2.05) is 60.7 Å². The Hall–Kier alpha value is -3.92. The van der Waals surface area contributed by atoms with E-state index < -0.39 is 24.0 Å². The van der Waals surface area contributed by atoms with Crippen molar-refractivity contribution in [3.8, 4) is 23.0 Å². The summed E-state index contributed by atoms with van der Waals surface area (Å²) in [5.41, 5.74) is 1.35. The topological polar surface area (TPSA) is 97.0 Å². The Morgan fingerprint density at radius 1 is 1.16 bits per heavy atom. The Kier molecular flexibility index (Phi) is 5.54. The molecule has 4 rings (SSSR count). The van der Waals surface area contributed by atoms with Gasteiger partial charge in [-0.05, 0) is 37.8 Å². The minimum Gasteiger partial charge on any atom is -0.452 e. The van der Waals surface area contributed by atoms with Crippen LogP contribution in [0.3, 0.4) is 0 Å². The van der Waals surface area contributed by atoms with Gasteiger partial charge in [-0.15, -0.1) is 0 Å². The highest BCUT2D eigenvalue weighted by Crippen LogP contribution is 2.39. The lowest BCUT2D eigenvalue weighted by Gasteiger charge is -2.22. The zero-order valence-corrected chi connectivity index (χ0v) is 17.1. The zero-order chi connectivity index (χ0) is 21.8. The van der Waals surface area contributed by atoms with Crippen LogP contribution in [0.4, 0.5) is 0 Å². The standard InChI is InChI=1S/C24H22N4O3/c1-24(16-25,18-12-13-18)26-21(29)15-31-23(30)20-14-28(19-10-6-3-7-11-19)27-22(20)17-8-4-2-5-9-17/h2-11,14,18H,12-13,15H2,1H3,(H,26,29)/t24-/m0/s1. The average molecular weight is 414 g/mol. The van der Waals surface area contributed by atoms with E-state index in [1.165, 1.54) is 0 Å². The van der Waals surface area contributed by atoms with Gasteiger partial charge in [-0.25, -0.2) is 9.48 Å². The van der Waals surface area contributed by atoms with Gasteiger partial charge in [-0.1, -0.05) is 48.5 Å². The minimum absolute atomic E-state index is 0.144. The molecule has 0 unspecified atom stereocenters. The number of rotatable bonds is 7. The second-order valence-electron chi connectivity index (χ2n) is 7.75. The van der Waals surface area contributed by atoms with Crippen LogP contribution in [-0.2, 0) is 9.53 Å². The third-order valence-electron chi connectivity index (χ3n) is 5.36. The number of carbonyl (C=O) groups excluding carboxylic acids is 2. The second-order valence-corrected chi connectivity index (χ2v) is 7.75. The summed E-state index contributed by atoms with van der Waals surface area (Å²) in [7, 11) is 0. The van der Waals surface area contributed by atoms with Crippen LogP contribution in [0.1, 0.15) is 30.1 Å². The molecule has 7 nitrogen and oxygen atoms in total. The van der Waals surface area contributed by atoms with Crippen LogP contribution in [0, 0.1) is 17.2 Å². The maximum absolute atomic E-state index is 12.8. The van der Waals surface area contributed by atoms with Gasteiger partial charge in [0.05, 0.1) is 11.8 Å². The van der Waals surface area contributed by atoms with Gasteiger partial charge in [-0.2, -0.15) is 10.4 Å². The first-order valence-corrected chi connectivity index (χ1v) is 10.1. The number of hydrogen-bond acceptors (Lipinski definition) is 5. The van der Waals surface area contributed by atoms with Gasteiger partial charge in [0.15, 0.2) is 6.61 Å². The van der Waals surface area contributed by atoms with E-state index in [0.717, 1.165) is 24.1 Å². The lowest BCUT2D eigenvalue weighted by molar-refractivity contribution is -0.125. The highest BCUT2D eigenvalue weighted by Gasteiger charge is 2.43. The van der Waals surface area contributed by atoms with E-state index in [9.17, 15) is 14.9 Å². The molecule has 1 amide bonds. The molecule has 7 heteroatoms. The lowest BCUT2D eigenvalue weighted by atomic mass is 9.98. The number of amides is 1. The van der Waals surface area contributed by atoms with Crippen LogP contribution in [-0.4, -0.2) is 33.8 Å². The predicted molar refractivity (Wildman–Crippen MR) is 114 cm³/mol. The van der Waals surface area contributed by atoms with Crippen LogP contribution in [0.15, 0.2) is 66.9 Å². The molecule has 0 aliphatic heterocycles. The molecule has 2 aromatic carbocycles. The summed E-state index contributed by atoms with van der Waals surface area (Å²) in [5, 5.41) is 16.7. The summed E-state index contributed by atoms with van der Waals surface area (Å²) in [6.07, 6.45) is 3.41. The lowest BCUT2D eigenvalue weighted by Crippen LogP contribution is -2.48. The number of hydrogen-bond donors (Lipinski definition) is 1. The summed E-state index contributed by atoms with van der Waals surface area (Å²) in [6.45, 7) is 1.23. The summed E-state index contributed by atoms with van der Waals surface area (Å²) in [4.78, 5) is 25.2. The number of nitrogens with zero attached hydrogens (tertiary/aromatic N) is 3. The smallest absolute Gasteiger partial charge is 0.342 e. The Labute approximate surface area is 180 Å². The maximum atomic E-state index is 12.8. The Balaban J connectivity index is 1.53. The number of para-hydroxylation sites is 1. The molecular formula is C24H22N4O3. The number of aromatic nitrogens is 2. The first kappa shape index (κ1) is 20.4. The third-order valence-corrected chi connectivity index (χ3v) is 5.36. The molecule has 156 valence electrons. The molecule has 3 aromatic rings. The number of nitrogens with one attached hydrogen (secondary N) is 1. The zero-order valence-electron chi connectivity index (χ0n) is 17.1. The van der Waals surface area contributed by atoms with Crippen molar-refractivity contribution in [3.63, 3.8) is 0 Å². The van der Waals surface area contributed by atoms with Gasteiger partial charge in [-0.3, -0.25) is 4.79 Å². The number of esters is 1. The first-order chi connectivity index (χ1) is 15.0. The van der Waals surface area contributed by atoms with E-state index in [-0.39, 0.29) is 11.5 Å². The predicted octanol–water partition coefficient (Wildman–Crippen LogP) is 3.50. The van der Waals surface area contributed by atoms with Crippen molar-refractivity contribution in [2.75, 3.05) is 6.61 Å². The molecule has 0 saturated heterocycles. The molecule has 1 aliphatic rings. The fraction of sp³-hybridized carbons (Fsp3) is 0.250. The Bertz CT molecular complexity index is 1130. The van der Waals surface area contributed by atoms with Crippen molar-refractivity contribution in [3.05, 3.63) is 72.4 Å². The van der Waals surface area contributed by atoms with Crippen LogP contribution in [0.25, 0.3) is 16.9 Å². The molecule has 1 atom stereocenters. The fourth-order valence-electron chi connectivity index (χ4n) is 3.46. The van der Waals surface area contributed by atoms with Crippen molar-refractivity contribution >= 4 is 11.9 Å². The highest BCUT2D eigenvalue weighted by molar-refractivity contribution is 5.97. The van der Waals surface area contributed by atoms with E-state index in [2.05, 4.69) is 16.5 Å². The number of ether oxygens (including phenoxy) is 1. The van der Waals surface area contributed by atoms with Crippen LogP contribution in [0.2, 0.25) is 0 Å². The van der Waals surface area contributed by atoms with Crippen molar-refractivity contribution in [2.45, 2.75) is 25.3 Å². The van der Waals surface area contributed by atoms with Gasteiger partial charge >= 0.3 is 5.97 Å². The van der Waals surface area contributed by atoms with Gasteiger partial charge in [0.25, 0.3) is 5.91 Å². The largest absolute Gasteiger partial charge is 0.452 e. The SMILES string of the molecule is C[C@@](C#N)(NC(=O)COC(=O)c1cn(-c2ccccc2)nc1-c1ccccc1)C1CC1. The van der Waals surface area contributed by atoms with Crippen molar-refractivity contribution in [1.29, 1.82) is 5.26 Å². The van der Waals surface area contributed by atoms with Gasteiger partial charge in [0, 0.05) is 11.8 Å².